The number of aromatic nitrogens is 1. The molecule has 0 saturated carbocycles. The van der Waals surface area contributed by atoms with Crippen LogP contribution in [0.5, 0.6) is 11.5 Å². The van der Waals surface area contributed by atoms with Gasteiger partial charge in [-0.3, -0.25) is 4.79 Å². The lowest BCUT2D eigenvalue weighted by Gasteiger charge is -2.43. The van der Waals surface area contributed by atoms with E-state index in [0.29, 0.717) is 54.5 Å². The van der Waals surface area contributed by atoms with Gasteiger partial charge in [-0.15, -0.1) is 13.2 Å². The second-order valence-corrected chi connectivity index (χ2v) is 15.3. The van der Waals surface area contributed by atoms with Crippen molar-refractivity contribution in [3.8, 4) is 23.0 Å². The zero-order valence-corrected chi connectivity index (χ0v) is 30.1. The number of rotatable bonds is 17. The van der Waals surface area contributed by atoms with Crippen molar-refractivity contribution in [3.05, 3.63) is 36.0 Å². The van der Waals surface area contributed by atoms with Gasteiger partial charge in [0.2, 0.25) is 0 Å². The second kappa shape index (κ2) is 16.2. The number of alkyl halides is 3. The van der Waals surface area contributed by atoms with Gasteiger partial charge in [0.05, 0.1) is 30.8 Å². The molecule has 1 aromatic carbocycles. The Morgan fingerprint density at radius 3 is 2.12 bits per heavy atom. The minimum atomic E-state index is -4.89. The first-order chi connectivity index (χ1) is 22.6. The van der Waals surface area contributed by atoms with Crippen LogP contribution in [0, 0.1) is 16.2 Å². The molecule has 0 fully saturated rings. The molecule has 0 aliphatic rings. The Hall–Kier alpha value is -3.22. The summed E-state index contributed by atoms with van der Waals surface area (Å²) < 4.78 is 62.8. The van der Waals surface area contributed by atoms with E-state index in [-0.39, 0.29) is 66.7 Å². The number of carbonyl (C=O) groups excluding carboxylic acids is 1. The number of nitrogens with zero attached hydrogens (tertiary/aromatic N) is 1. The van der Waals surface area contributed by atoms with E-state index in [0.717, 1.165) is 0 Å². The molecule has 0 radical (unpaired) electrons. The van der Waals surface area contributed by atoms with Gasteiger partial charge >= 0.3 is 12.3 Å². The van der Waals surface area contributed by atoms with Crippen molar-refractivity contribution >= 4 is 16.9 Å². The van der Waals surface area contributed by atoms with E-state index >= 15 is 0 Å². The van der Waals surface area contributed by atoms with Crippen LogP contribution in [0.1, 0.15) is 92.7 Å². The Kier molecular flexibility index (Phi) is 13.3. The molecular formula is C37H54F3NO8. The van der Waals surface area contributed by atoms with Crippen LogP contribution < -0.4 is 9.47 Å². The van der Waals surface area contributed by atoms with Crippen molar-refractivity contribution in [3.63, 3.8) is 0 Å². The third kappa shape index (κ3) is 11.1. The van der Waals surface area contributed by atoms with E-state index in [9.17, 15) is 33.3 Å². The molecule has 9 nitrogen and oxygen atoms in total. The lowest BCUT2D eigenvalue weighted by molar-refractivity contribution is -0.274. The highest BCUT2D eigenvalue weighted by Gasteiger charge is 2.47. The number of hydrogen-bond acceptors (Lipinski definition) is 8. The first kappa shape index (κ1) is 40.2. The van der Waals surface area contributed by atoms with Crippen molar-refractivity contribution in [2.24, 2.45) is 23.3 Å². The van der Waals surface area contributed by atoms with E-state index in [1.54, 1.807) is 35.9 Å². The number of hydrogen-bond donors (Lipinski definition) is 3. The summed E-state index contributed by atoms with van der Waals surface area (Å²) in [6.45, 7) is 14.7. The zero-order valence-electron chi connectivity index (χ0n) is 30.1. The van der Waals surface area contributed by atoms with Crippen LogP contribution in [-0.2, 0) is 23.0 Å². The number of ether oxygens (including phenoxy) is 3. The SMILES string of the molecule is Cn1c(CCCO)cc(OC(F)(F)F)c1-c1cc2ccc(OCCCC(O)C(O)CCCOC(=O)C(C)(CC(C)(C)C)C(C)(C)C)cc2o1. The predicted molar refractivity (Wildman–Crippen MR) is 181 cm³/mol. The van der Waals surface area contributed by atoms with Crippen LogP contribution in [0.2, 0.25) is 0 Å². The summed E-state index contributed by atoms with van der Waals surface area (Å²) >= 11 is 0. The molecule has 3 atom stereocenters. The second-order valence-electron chi connectivity index (χ2n) is 15.3. The standard InChI is InChI=1S/C37H54F3NO8/c1-34(2,3)23-36(7,35(4,5)6)33(45)47-19-11-14-28(44)27(43)13-10-18-46-26-16-15-24-20-30(48-29(24)22-26)32-31(49-37(38,39)40)21-25(41(32)8)12-9-17-42/h15-16,20-22,27-28,42-44H,9-14,17-19,23H2,1-8H3. The molecule has 276 valence electrons. The average Bonchev–Trinajstić information content (AvgIpc) is 3.52. The van der Waals surface area contributed by atoms with E-state index in [4.69, 9.17) is 13.9 Å². The maximum atomic E-state index is 13.2. The van der Waals surface area contributed by atoms with E-state index in [2.05, 4.69) is 25.5 Å². The molecule has 0 spiro atoms. The third-order valence-corrected chi connectivity index (χ3v) is 9.06. The van der Waals surface area contributed by atoms with E-state index in [1.807, 2.05) is 27.7 Å². The van der Waals surface area contributed by atoms with Crippen LogP contribution in [0.3, 0.4) is 0 Å². The summed E-state index contributed by atoms with van der Waals surface area (Å²) in [6, 6.07) is 8.01. The predicted octanol–water partition coefficient (Wildman–Crippen LogP) is 7.95. The molecule has 0 amide bonds. The lowest BCUT2D eigenvalue weighted by Crippen LogP contribution is -2.44. The van der Waals surface area contributed by atoms with Crippen molar-refractivity contribution in [1.29, 1.82) is 0 Å². The monoisotopic (exact) mass is 697 g/mol. The van der Waals surface area contributed by atoms with Crippen LogP contribution in [0.4, 0.5) is 13.2 Å². The number of carbonyl (C=O) groups is 1. The summed E-state index contributed by atoms with van der Waals surface area (Å²) in [6.07, 6.45) is -4.01. The van der Waals surface area contributed by atoms with Crippen molar-refractivity contribution in [1.82, 2.24) is 4.57 Å². The molecule has 0 aliphatic carbocycles. The van der Waals surface area contributed by atoms with Crippen molar-refractivity contribution in [2.75, 3.05) is 19.8 Å². The summed E-state index contributed by atoms with van der Waals surface area (Å²) in [4.78, 5) is 13.1. The molecule has 0 bridgehead atoms. The lowest BCUT2D eigenvalue weighted by atomic mass is 9.61. The highest BCUT2D eigenvalue weighted by Crippen LogP contribution is 2.47. The highest BCUT2D eigenvalue weighted by atomic mass is 19.4. The molecule has 3 rings (SSSR count). The molecule has 0 saturated heterocycles. The number of benzene rings is 1. The van der Waals surface area contributed by atoms with Gasteiger partial charge < -0.3 is 38.5 Å². The molecule has 2 aromatic heterocycles. The molecule has 2 heterocycles. The number of halogens is 3. The van der Waals surface area contributed by atoms with Crippen LogP contribution >= 0.6 is 0 Å². The topological polar surface area (TPSA) is 124 Å². The molecule has 12 heteroatoms. The first-order valence-electron chi connectivity index (χ1n) is 16.9. The van der Waals surface area contributed by atoms with Crippen LogP contribution in [0.15, 0.2) is 34.7 Å². The third-order valence-electron chi connectivity index (χ3n) is 9.06. The summed E-state index contributed by atoms with van der Waals surface area (Å²) in [5.74, 6) is 0.0138. The maximum absolute atomic E-state index is 13.2. The normalized spacial score (nSPS) is 15.2. The zero-order chi connectivity index (χ0) is 36.8. The summed E-state index contributed by atoms with van der Waals surface area (Å²) in [5, 5.41) is 30.8. The van der Waals surface area contributed by atoms with Gasteiger partial charge in [-0.1, -0.05) is 41.5 Å². The molecule has 0 aliphatic heterocycles. The number of fused-ring (bicyclic) bond motifs is 1. The number of esters is 1. The maximum Gasteiger partial charge on any atom is 0.573 e. The Morgan fingerprint density at radius 1 is 0.918 bits per heavy atom. The van der Waals surface area contributed by atoms with Crippen molar-refractivity contribution in [2.45, 2.75) is 112 Å². The van der Waals surface area contributed by atoms with Gasteiger partial charge in [0, 0.05) is 36.9 Å². The average molecular weight is 698 g/mol. The van der Waals surface area contributed by atoms with Gasteiger partial charge in [-0.25, -0.2) is 0 Å². The molecule has 49 heavy (non-hydrogen) atoms. The largest absolute Gasteiger partial charge is 0.573 e. The van der Waals surface area contributed by atoms with Gasteiger partial charge in [0.25, 0.3) is 0 Å². The smallest absolute Gasteiger partial charge is 0.493 e. The van der Waals surface area contributed by atoms with Crippen LogP contribution in [-0.4, -0.2) is 64.2 Å². The quantitative estimate of drug-likeness (QED) is 0.0960. The van der Waals surface area contributed by atoms with Gasteiger partial charge in [-0.2, -0.15) is 0 Å². The Labute approximate surface area is 287 Å². The molecule has 3 aromatic rings. The fraction of sp³-hybridized carbons (Fsp3) is 0.649. The van der Waals surface area contributed by atoms with Gasteiger partial charge in [0.1, 0.15) is 17.0 Å². The molecule has 3 unspecified atom stereocenters. The Bertz CT molecular complexity index is 1510. The number of aliphatic hydroxyl groups is 3. The fourth-order valence-electron chi connectivity index (χ4n) is 6.02. The van der Waals surface area contributed by atoms with E-state index < -0.39 is 24.0 Å². The summed E-state index contributed by atoms with van der Waals surface area (Å²) in [7, 11) is 1.62. The van der Waals surface area contributed by atoms with E-state index in [1.165, 1.54) is 6.07 Å². The minimum absolute atomic E-state index is 0.0582. The Balaban J connectivity index is 1.51. The minimum Gasteiger partial charge on any atom is -0.493 e. The first-order valence-corrected chi connectivity index (χ1v) is 16.9. The number of aryl methyl sites for hydroxylation is 1. The summed E-state index contributed by atoms with van der Waals surface area (Å²) in [5.41, 5.74) is 0.0547. The number of aliphatic hydroxyl groups excluding tert-OH is 3. The number of furan rings is 1. The molecular weight excluding hydrogens is 643 g/mol. The van der Waals surface area contributed by atoms with Crippen molar-refractivity contribution < 1.29 is 51.9 Å². The highest BCUT2D eigenvalue weighted by molar-refractivity contribution is 5.84. The molecule has 3 N–H and O–H groups in total. The van der Waals surface area contributed by atoms with Gasteiger partial charge in [0.15, 0.2) is 11.5 Å². The Morgan fingerprint density at radius 2 is 1.55 bits per heavy atom. The van der Waals surface area contributed by atoms with Gasteiger partial charge in [-0.05, 0) is 80.9 Å². The van der Waals surface area contributed by atoms with Crippen LogP contribution in [0.25, 0.3) is 22.4 Å². The fourth-order valence-corrected chi connectivity index (χ4v) is 6.02.